The largest absolute Gasteiger partial charge is 0.465 e. The van der Waals surface area contributed by atoms with Crippen molar-refractivity contribution in [3.63, 3.8) is 0 Å². The molecule has 0 heterocycles. The van der Waals surface area contributed by atoms with Crippen molar-refractivity contribution < 1.29 is 28.8 Å². The highest BCUT2D eigenvalue weighted by Gasteiger charge is 2.28. The minimum atomic E-state index is -1.06. The number of benzene rings is 1. The maximum Gasteiger partial charge on any atom is 0.339 e. The van der Waals surface area contributed by atoms with Gasteiger partial charge in [0.25, 0.3) is 11.6 Å². The lowest BCUT2D eigenvalue weighted by Gasteiger charge is -2.13. The summed E-state index contributed by atoms with van der Waals surface area (Å²) in [5.41, 5.74) is -0.829. The molecule has 1 atom stereocenters. The quantitative estimate of drug-likeness (QED) is 0.470. The van der Waals surface area contributed by atoms with E-state index in [-0.39, 0.29) is 17.2 Å². The number of nitro benzene ring substituents is 1. The van der Waals surface area contributed by atoms with Gasteiger partial charge in [0.2, 0.25) is 0 Å². The topological polar surface area (TPSA) is 125 Å². The summed E-state index contributed by atoms with van der Waals surface area (Å²) in [6.45, 7) is 1.40. The Hall–Kier alpha value is -2.97. The van der Waals surface area contributed by atoms with Gasteiger partial charge in [-0.2, -0.15) is 0 Å². The summed E-state index contributed by atoms with van der Waals surface area (Å²) in [5.74, 6) is -2.21. The maximum absolute atomic E-state index is 12.1. The molecule has 0 aliphatic heterocycles. The monoisotopic (exact) mass is 336 g/mol. The van der Waals surface area contributed by atoms with Gasteiger partial charge >= 0.3 is 11.9 Å². The molecule has 1 aliphatic carbocycles. The van der Waals surface area contributed by atoms with Crippen LogP contribution in [-0.2, 0) is 14.3 Å². The molecule has 1 aromatic carbocycles. The van der Waals surface area contributed by atoms with Crippen LogP contribution in [0.1, 0.15) is 40.5 Å². The van der Waals surface area contributed by atoms with Crippen LogP contribution in [0.3, 0.4) is 0 Å². The molecule has 1 fully saturated rings. The Morgan fingerprint density at radius 3 is 2.29 bits per heavy atom. The van der Waals surface area contributed by atoms with Crippen LogP contribution >= 0.6 is 0 Å². The van der Waals surface area contributed by atoms with Crippen LogP contribution < -0.4 is 5.32 Å². The summed E-state index contributed by atoms with van der Waals surface area (Å²) in [5, 5.41) is 13.6. The zero-order valence-electron chi connectivity index (χ0n) is 13.1. The lowest BCUT2D eigenvalue weighted by molar-refractivity contribution is -0.384. The molecule has 1 unspecified atom stereocenters. The van der Waals surface area contributed by atoms with Crippen LogP contribution in [-0.4, -0.2) is 42.0 Å². The van der Waals surface area contributed by atoms with Crippen molar-refractivity contribution >= 4 is 23.5 Å². The Kier molecular flexibility index (Phi) is 5.12. The van der Waals surface area contributed by atoms with Crippen molar-refractivity contribution in [1.82, 2.24) is 5.32 Å². The smallest absolute Gasteiger partial charge is 0.339 e. The summed E-state index contributed by atoms with van der Waals surface area (Å²) in [6, 6.07) is 3.20. The number of methoxy groups -OCH3 is 1. The SMILES string of the molecule is COC(=O)c1cc(C(=O)OC(C)C(=O)NC2CC2)cc([N+](=O)[O-])c1. The number of nitrogens with zero attached hydrogens (tertiary/aromatic N) is 1. The maximum atomic E-state index is 12.1. The van der Waals surface area contributed by atoms with E-state index < -0.39 is 34.6 Å². The number of esters is 2. The third-order valence-electron chi connectivity index (χ3n) is 3.36. The fourth-order valence-electron chi connectivity index (χ4n) is 1.90. The van der Waals surface area contributed by atoms with E-state index >= 15 is 0 Å². The molecule has 9 nitrogen and oxygen atoms in total. The fraction of sp³-hybridized carbons (Fsp3) is 0.400. The van der Waals surface area contributed by atoms with Gasteiger partial charge in [0, 0.05) is 18.2 Å². The normalized spacial score (nSPS) is 14.4. The van der Waals surface area contributed by atoms with Gasteiger partial charge in [-0.25, -0.2) is 9.59 Å². The number of carbonyl (C=O) groups excluding carboxylic acids is 3. The minimum absolute atomic E-state index is 0.113. The molecule has 0 aromatic heterocycles. The highest BCUT2D eigenvalue weighted by atomic mass is 16.6. The molecular formula is C15H16N2O7. The first-order chi connectivity index (χ1) is 11.3. The summed E-state index contributed by atoms with van der Waals surface area (Å²) >= 11 is 0. The fourth-order valence-corrected chi connectivity index (χ4v) is 1.90. The summed E-state index contributed by atoms with van der Waals surface area (Å²) < 4.78 is 9.50. The Morgan fingerprint density at radius 1 is 1.21 bits per heavy atom. The molecule has 1 aliphatic rings. The van der Waals surface area contributed by atoms with Crippen LogP contribution in [0.5, 0.6) is 0 Å². The Morgan fingerprint density at radius 2 is 1.79 bits per heavy atom. The number of carbonyl (C=O) groups is 3. The van der Waals surface area contributed by atoms with Crippen LogP contribution in [0.25, 0.3) is 0 Å². The molecular weight excluding hydrogens is 320 g/mol. The third kappa shape index (κ3) is 4.28. The van der Waals surface area contributed by atoms with Crippen molar-refractivity contribution in [2.75, 3.05) is 7.11 Å². The molecule has 0 bridgehead atoms. The first-order valence-electron chi connectivity index (χ1n) is 7.21. The number of hydrogen-bond donors (Lipinski definition) is 1. The summed E-state index contributed by atoms with van der Waals surface area (Å²) in [4.78, 5) is 45.7. The number of nitro groups is 1. The van der Waals surface area contributed by atoms with E-state index in [9.17, 15) is 24.5 Å². The Balaban J connectivity index is 2.17. The summed E-state index contributed by atoms with van der Waals surface area (Å²) in [6.07, 6.45) is 0.721. The molecule has 0 spiro atoms. The van der Waals surface area contributed by atoms with E-state index in [1.54, 1.807) is 0 Å². The lowest BCUT2D eigenvalue weighted by Crippen LogP contribution is -2.37. The second-order valence-electron chi connectivity index (χ2n) is 5.35. The number of rotatable bonds is 6. The van der Waals surface area contributed by atoms with Crippen LogP contribution in [0.15, 0.2) is 18.2 Å². The van der Waals surface area contributed by atoms with E-state index in [1.165, 1.54) is 6.92 Å². The van der Waals surface area contributed by atoms with E-state index in [1.807, 2.05) is 0 Å². The van der Waals surface area contributed by atoms with E-state index in [0.717, 1.165) is 38.2 Å². The number of amides is 1. The molecule has 1 aromatic rings. The van der Waals surface area contributed by atoms with E-state index in [0.29, 0.717) is 0 Å². The van der Waals surface area contributed by atoms with Gasteiger partial charge in [-0.1, -0.05) is 0 Å². The van der Waals surface area contributed by atoms with Gasteiger partial charge < -0.3 is 14.8 Å². The van der Waals surface area contributed by atoms with Crippen molar-refractivity contribution in [3.8, 4) is 0 Å². The molecule has 2 rings (SSSR count). The van der Waals surface area contributed by atoms with Crippen LogP contribution in [0.2, 0.25) is 0 Å². The predicted molar refractivity (Wildman–Crippen MR) is 80.5 cm³/mol. The van der Waals surface area contributed by atoms with Gasteiger partial charge in [0.1, 0.15) is 0 Å². The van der Waals surface area contributed by atoms with Gasteiger partial charge in [-0.05, 0) is 25.8 Å². The first kappa shape index (κ1) is 17.4. The molecule has 0 saturated heterocycles. The standard InChI is InChI=1S/C15H16N2O7/c1-8(13(18)16-11-3-4-11)24-15(20)10-5-9(14(19)23-2)6-12(7-10)17(21)22/h5-8,11H,3-4H2,1-2H3,(H,16,18). The van der Waals surface area contributed by atoms with E-state index in [2.05, 4.69) is 10.1 Å². The first-order valence-corrected chi connectivity index (χ1v) is 7.21. The third-order valence-corrected chi connectivity index (χ3v) is 3.36. The highest BCUT2D eigenvalue weighted by Crippen LogP contribution is 2.20. The van der Waals surface area contributed by atoms with Gasteiger partial charge in [-0.15, -0.1) is 0 Å². The molecule has 24 heavy (non-hydrogen) atoms. The zero-order valence-corrected chi connectivity index (χ0v) is 13.1. The van der Waals surface area contributed by atoms with Gasteiger partial charge in [0.15, 0.2) is 6.10 Å². The molecule has 0 radical (unpaired) electrons. The van der Waals surface area contributed by atoms with Crippen molar-refractivity contribution in [2.24, 2.45) is 0 Å². The Labute approximate surface area is 137 Å². The summed E-state index contributed by atoms with van der Waals surface area (Å²) in [7, 11) is 1.11. The minimum Gasteiger partial charge on any atom is -0.465 e. The molecule has 128 valence electrons. The predicted octanol–water partition coefficient (Wildman–Crippen LogP) is 1.21. The number of ether oxygens (including phenoxy) is 2. The van der Waals surface area contributed by atoms with Crippen molar-refractivity contribution in [2.45, 2.75) is 31.9 Å². The molecule has 9 heteroatoms. The lowest BCUT2D eigenvalue weighted by atomic mass is 10.1. The zero-order chi connectivity index (χ0) is 17.9. The van der Waals surface area contributed by atoms with Gasteiger partial charge in [-0.3, -0.25) is 14.9 Å². The van der Waals surface area contributed by atoms with Crippen molar-refractivity contribution in [1.29, 1.82) is 0 Å². The van der Waals surface area contributed by atoms with Crippen LogP contribution in [0.4, 0.5) is 5.69 Å². The molecule has 1 amide bonds. The Bertz CT molecular complexity index is 697. The highest BCUT2D eigenvalue weighted by molar-refractivity contribution is 5.97. The molecule has 1 N–H and O–H groups in total. The average Bonchev–Trinajstić information content (AvgIpc) is 3.37. The second-order valence-corrected chi connectivity index (χ2v) is 5.35. The number of hydrogen-bond acceptors (Lipinski definition) is 7. The van der Waals surface area contributed by atoms with Crippen molar-refractivity contribution in [3.05, 3.63) is 39.4 Å². The van der Waals surface area contributed by atoms with Gasteiger partial charge in [0.05, 0.1) is 23.2 Å². The average molecular weight is 336 g/mol. The number of nitrogens with one attached hydrogen (secondary N) is 1. The van der Waals surface area contributed by atoms with Crippen LogP contribution in [0, 0.1) is 10.1 Å². The number of non-ortho nitro benzene ring substituents is 1. The second kappa shape index (κ2) is 7.07. The van der Waals surface area contributed by atoms with E-state index in [4.69, 9.17) is 4.74 Å². The molecule has 1 saturated carbocycles.